The van der Waals surface area contributed by atoms with E-state index in [1.54, 1.807) is 36.3 Å². The number of hydrogen-bond donors (Lipinski definition) is 0. The van der Waals surface area contributed by atoms with Crippen LogP contribution < -0.4 is 0 Å². The first kappa shape index (κ1) is 21.6. The zero-order valence-corrected chi connectivity index (χ0v) is 18.2. The molecule has 0 saturated carbocycles. The number of likely N-dealkylation sites (N-methyl/N-ethyl adjacent to an activating group) is 1. The zero-order chi connectivity index (χ0) is 21.5. The van der Waals surface area contributed by atoms with E-state index in [2.05, 4.69) is 0 Å². The van der Waals surface area contributed by atoms with Crippen LogP contribution in [0.3, 0.4) is 0 Å². The standard InChI is InChI=1S/C21H24ClF2N3O2S/c1-25-14-17(20-18(23)6-5-7-19(20)24)21(15-8-10-16(22)11-9-15)27(25)30(28,29)26-12-3-2-4-13-26/h5-11,17,21H,2-4,12-14H2,1H3. The molecule has 162 valence electrons. The van der Waals surface area contributed by atoms with Crippen molar-refractivity contribution in [3.05, 3.63) is 70.2 Å². The summed E-state index contributed by atoms with van der Waals surface area (Å²) in [6.45, 7) is 1.05. The van der Waals surface area contributed by atoms with Crippen LogP contribution in [-0.2, 0) is 10.2 Å². The Bertz CT molecular complexity index is 993. The van der Waals surface area contributed by atoms with E-state index in [-0.39, 0.29) is 12.1 Å². The molecule has 2 saturated heterocycles. The van der Waals surface area contributed by atoms with E-state index < -0.39 is 33.8 Å². The van der Waals surface area contributed by atoms with Gasteiger partial charge >= 0.3 is 0 Å². The zero-order valence-electron chi connectivity index (χ0n) is 16.6. The molecule has 2 aromatic carbocycles. The average molecular weight is 456 g/mol. The van der Waals surface area contributed by atoms with Gasteiger partial charge in [-0.25, -0.2) is 13.8 Å². The molecule has 0 N–H and O–H groups in total. The van der Waals surface area contributed by atoms with Crippen molar-refractivity contribution in [3.8, 4) is 0 Å². The summed E-state index contributed by atoms with van der Waals surface area (Å²) >= 11 is 6.03. The highest BCUT2D eigenvalue weighted by Crippen LogP contribution is 2.46. The molecule has 0 aromatic heterocycles. The number of piperidine rings is 1. The van der Waals surface area contributed by atoms with Crippen LogP contribution in [0.5, 0.6) is 0 Å². The van der Waals surface area contributed by atoms with Gasteiger partial charge < -0.3 is 0 Å². The molecule has 2 aliphatic heterocycles. The summed E-state index contributed by atoms with van der Waals surface area (Å²) in [4.78, 5) is 0. The van der Waals surface area contributed by atoms with Gasteiger partial charge in [0.25, 0.3) is 10.2 Å². The Kier molecular flexibility index (Phi) is 6.14. The summed E-state index contributed by atoms with van der Waals surface area (Å²) in [7, 11) is -2.23. The SMILES string of the molecule is CN1CC(c2c(F)cccc2F)C(c2ccc(Cl)cc2)N1S(=O)(=O)N1CCCCC1. The van der Waals surface area contributed by atoms with Gasteiger partial charge in [-0.1, -0.05) is 36.2 Å². The highest BCUT2D eigenvalue weighted by atomic mass is 35.5. The molecule has 0 spiro atoms. The molecule has 2 aliphatic rings. The van der Waals surface area contributed by atoms with Gasteiger partial charge in [-0.3, -0.25) is 0 Å². The molecule has 0 radical (unpaired) electrons. The lowest BCUT2D eigenvalue weighted by atomic mass is 9.88. The minimum Gasteiger partial charge on any atom is -0.229 e. The molecule has 0 amide bonds. The van der Waals surface area contributed by atoms with Gasteiger partial charge in [-0.15, -0.1) is 4.41 Å². The third kappa shape index (κ3) is 3.87. The number of benzene rings is 2. The van der Waals surface area contributed by atoms with Crippen LogP contribution in [0.1, 0.15) is 42.3 Å². The maximum absolute atomic E-state index is 14.7. The molecule has 4 rings (SSSR count). The second-order valence-electron chi connectivity index (χ2n) is 7.82. The topological polar surface area (TPSA) is 43.9 Å². The van der Waals surface area contributed by atoms with Gasteiger partial charge in [0.2, 0.25) is 0 Å². The lowest BCUT2D eigenvalue weighted by Gasteiger charge is -2.36. The molecule has 2 aromatic rings. The van der Waals surface area contributed by atoms with Gasteiger partial charge in [0.15, 0.2) is 0 Å². The fourth-order valence-electron chi connectivity index (χ4n) is 4.50. The van der Waals surface area contributed by atoms with Crippen molar-refractivity contribution in [2.45, 2.75) is 31.2 Å². The van der Waals surface area contributed by atoms with E-state index in [1.165, 1.54) is 26.9 Å². The number of rotatable bonds is 4. The van der Waals surface area contributed by atoms with Crippen LogP contribution >= 0.6 is 11.6 Å². The van der Waals surface area contributed by atoms with Crippen molar-refractivity contribution in [2.75, 3.05) is 26.7 Å². The largest absolute Gasteiger partial charge is 0.295 e. The number of hydrogen-bond acceptors (Lipinski definition) is 3. The molecular formula is C21H24ClF2N3O2S. The van der Waals surface area contributed by atoms with Crippen LogP contribution in [0.25, 0.3) is 0 Å². The third-order valence-electron chi connectivity index (χ3n) is 5.88. The predicted octanol–water partition coefficient (Wildman–Crippen LogP) is 4.34. The average Bonchev–Trinajstić information content (AvgIpc) is 3.06. The maximum atomic E-state index is 14.7. The molecule has 2 fully saturated rings. The van der Waals surface area contributed by atoms with Gasteiger partial charge in [0.1, 0.15) is 11.6 Å². The minimum atomic E-state index is -3.87. The van der Waals surface area contributed by atoms with Crippen LogP contribution in [-0.4, -0.2) is 48.8 Å². The fraction of sp³-hybridized carbons (Fsp3) is 0.429. The van der Waals surface area contributed by atoms with Crippen molar-refractivity contribution in [3.63, 3.8) is 0 Å². The van der Waals surface area contributed by atoms with Crippen molar-refractivity contribution in [2.24, 2.45) is 0 Å². The van der Waals surface area contributed by atoms with E-state index in [0.717, 1.165) is 19.3 Å². The first-order chi connectivity index (χ1) is 14.3. The van der Waals surface area contributed by atoms with Crippen LogP contribution in [0.15, 0.2) is 42.5 Å². The van der Waals surface area contributed by atoms with Gasteiger partial charge in [-0.2, -0.15) is 12.7 Å². The Morgan fingerprint density at radius 1 is 0.967 bits per heavy atom. The summed E-state index contributed by atoms with van der Waals surface area (Å²) in [5.74, 6) is -2.06. The first-order valence-electron chi connectivity index (χ1n) is 10.0. The van der Waals surface area contributed by atoms with Crippen molar-refractivity contribution < 1.29 is 17.2 Å². The Morgan fingerprint density at radius 2 is 1.57 bits per heavy atom. The van der Waals surface area contributed by atoms with Gasteiger partial charge in [0.05, 0.1) is 6.04 Å². The highest BCUT2D eigenvalue weighted by Gasteiger charge is 2.49. The second-order valence-corrected chi connectivity index (χ2v) is 10.0. The lowest BCUT2D eigenvalue weighted by molar-refractivity contribution is 0.111. The Hall–Kier alpha value is -1.58. The van der Waals surface area contributed by atoms with Gasteiger partial charge in [-0.05, 0) is 42.7 Å². The molecule has 0 bridgehead atoms. The Morgan fingerprint density at radius 3 is 2.17 bits per heavy atom. The van der Waals surface area contributed by atoms with Crippen molar-refractivity contribution in [1.82, 2.24) is 13.7 Å². The van der Waals surface area contributed by atoms with Crippen LogP contribution in [0.2, 0.25) is 5.02 Å². The van der Waals surface area contributed by atoms with Crippen molar-refractivity contribution in [1.29, 1.82) is 0 Å². The summed E-state index contributed by atoms with van der Waals surface area (Å²) < 4.78 is 59.3. The normalized spacial score (nSPS) is 24.4. The molecule has 30 heavy (non-hydrogen) atoms. The number of nitrogens with zero attached hydrogens (tertiary/aromatic N) is 3. The highest BCUT2D eigenvalue weighted by molar-refractivity contribution is 7.86. The van der Waals surface area contributed by atoms with E-state index in [4.69, 9.17) is 11.6 Å². The summed E-state index contributed by atoms with van der Waals surface area (Å²) in [5, 5.41) is 2.06. The second kappa shape index (κ2) is 8.51. The maximum Gasteiger partial charge on any atom is 0.295 e. The minimum absolute atomic E-state index is 0.0966. The van der Waals surface area contributed by atoms with E-state index >= 15 is 0 Å². The fourth-order valence-corrected chi connectivity index (χ4v) is 6.56. The van der Waals surface area contributed by atoms with Gasteiger partial charge in [0, 0.05) is 43.2 Å². The summed E-state index contributed by atoms with van der Waals surface area (Å²) in [6, 6.07) is 9.70. The summed E-state index contributed by atoms with van der Waals surface area (Å²) in [5.41, 5.74) is 0.539. The number of hydrazine groups is 1. The molecule has 9 heteroatoms. The van der Waals surface area contributed by atoms with E-state index in [9.17, 15) is 17.2 Å². The molecule has 5 nitrogen and oxygen atoms in total. The molecule has 2 unspecified atom stereocenters. The van der Waals surface area contributed by atoms with Crippen LogP contribution in [0.4, 0.5) is 8.78 Å². The molecular weight excluding hydrogens is 432 g/mol. The molecule has 0 aliphatic carbocycles. The molecule has 2 heterocycles. The monoisotopic (exact) mass is 455 g/mol. The quantitative estimate of drug-likeness (QED) is 0.689. The van der Waals surface area contributed by atoms with E-state index in [1.807, 2.05) is 0 Å². The summed E-state index contributed by atoms with van der Waals surface area (Å²) in [6.07, 6.45) is 2.59. The molecule has 2 atom stereocenters. The van der Waals surface area contributed by atoms with E-state index in [0.29, 0.717) is 23.7 Å². The Labute approximate surface area is 181 Å². The Balaban J connectivity index is 1.83. The van der Waals surface area contributed by atoms with Crippen molar-refractivity contribution >= 4 is 21.8 Å². The smallest absolute Gasteiger partial charge is 0.229 e. The third-order valence-corrected chi connectivity index (χ3v) is 8.12. The number of halogens is 3. The lowest BCUT2D eigenvalue weighted by Crippen LogP contribution is -2.50. The van der Waals surface area contributed by atoms with Crippen LogP contribution in [0, 0.1) is 11.6 Å². The first-order valence-corrected chi connectivity index (χ1v) is 11.8. The predicted molar refractivity (Wildman–Crippen MR) is 112 cm³/mol.